The van der Waals surface area contributed by atoms with Gasteiger partial charge in [-0.2, -0.15) is 0 Å². The van der Waals surface area contributed by atoms with Gasteiger partial charge < -0.3 is 0 Å². The average molecular weight is 181 g/mol. The van der Waals surface area contributed by atoms with Crippen molar-refractivity contribution in [3.05, 3.63) is 36.4 Å². The van der Waals surface area contributed by atoms with Crippen LogP contribution in [0.1, 0.15) is 0 Å². The molecule has 0 fully saturated rings. The third-order valence-corrected chi connectivity index (χ3v) is 0.667. The van der Waals surface area contributed by atoms with Crippen LogP contribution >= 0.6 is 24.8 Å². The van der Waals surface area contributed by atoms with Gasteiger partial charge in [0.25, 0.3) is 0 Å². The van der Waals surface area contributed by atoms with E-state index in [2.05, 4.69) is 0 Å². The highest BCUT2D eigenvalue weighted by Crippen LogP contribution is 1.79. The molecule has 0 nitrogen and oxygen atoms in total. The van der Waals surface area contributed by atoms with Gasteiger partial charge in [0.1, 0.15) is 0 Å². The van der Waals surface area contributed by atoms with Crippen molar-refractivity contribution in [2.24, 2.45) is 0 Å². The molecule has 9 heavy (non-hydrogen) atoms. The molecular formula is C6H11AlCl2. The van der Waals surface area contributed by atoms with Crippen LogP contribution in [-0.2, 0) is 0 Å². The summed E-state index contributed by atoms with van der Waals surface area (Å²) in [6, 6.07) is 12.0. The Morgan fingerprint density at radius 3 is 0.667 bits per heavy atom. The zero-order chi connectivity index (χ0) is 4.24. The Hall–Kier alpha value is 0.332. The number of hydrogen-bond acceptors (Lipinski definition) is 0. The quantitative estimate of drug-likeness (QED) is 0.530. The van der Waals surface area contributed by atoms with Crippen LogP contribution in [0.15, 0.2) is 36.4 Å². The second kappa shape index (κ2) is 11.2. The summed E-state index contributed by atoms with van der Waals surface area (Å²) in [7, 11) is 0. The molecule has 1 aromatic carbocycles. The summed E-state index contributed by atoms with van der Waals surface area (Å²) < 4.78 is 0. The van der Waals surface area contributed by atoms with Crippen LogP contribution in [0.25, 0.3) is 0 Å². The van der Waals surface area contributed by atoms with Crippen molar-refractivity contribution < 1.29 is 0 Å². The lowest BCUT2D eigenvalue weighted by atomic mass is 10.4. The van der Waals surface area contributed by atoms with Gasteiger partial charge >= 0.3 is 0 Å². The molecule has 52 valence electrons. The zero-order valence-corrected chi connectivity index (χ0v) is 5.91. The number of hydrogen-bond donors (Lipinski definition) is 0. The molecule has 0 N–H and O–H groups in total. The van der Waals surface area contributed by atoms with E-state index in [1.54, 1.807) is 0 Å². The van der Waals surface area contributed by atoms with Crippen LogP contribution in [-0.4, -0.2) is 17.4 Å². The highest BCUT2D eigenvalue weighted by atomic mass is 35.5. The highest BCUT2D eigenvalue weighted by Gasteiger charge is 1.57. The summed E-state index contributed by atoms with van der Waals surface area (Å²) in [5.41, 5.74) is 0. The van der Waals surface area contributed by atoms with Gasteiger partial charge in [-0.3, -0.25) is 0 Å². The van der Waals surface area contributed by atoms with E-state index < -0.39 is 0 Å². The predicted octanol–water partition coefficient (Wildman–Crippen LogP) is 1.35. The van der Waals surface area contributed by atoms with Crippen molar-refractivity contribution in [3.8, 4) is 0 Å². The molecular weight excluding hydrogens is 170 g/mol. The average Bonchev–Trinajstić information content (AvgIpc) is 1.72. The first-order valence-corrected chi connectivity index (χ1v) is 2.00. The molecule has 0 saturated carbocycles. The summed E-state index contributed by atoms with van der Waals surface area (Å²) >= 11 is 0. The van der Waals surface area contributed by atoms with Crippen molar-refractivity contribution in [1.82, 2.24) is 0 Å². The highest BCUT2D eigenvalue weighted by molar-refractivity contribution is 5.85. The molecule has 0 radical (unpaired) electrons. The molecule has 1 rings (SSSR count). The van der Waals surface area contributed by atoms with Crippen molar-refractivity contribution in [3.63, 3.8) is 0 Å². The number of benzene rings is 1. The van der Waals surface area contributed by atoms with E-state index in [0.717, 1.165) is 0 Å². The van der Waals surface area contributed by atoms with E-state index in [4.69, 9.17) is 0 Å². The molecule has 0 amide bonds. The Kier molecular flexibility index (Phi) is 20.1. The molecule has 0 saturated heterocycles. The van der Waals surface area contributed by atoms with E-state index in [-0.39, 0.29) is 42.2 Å². The molecule has 3 heteroatoms. The van der Waals surface area contributed by atoms with Crippen LogP contribution in [0.5, 0.6) is 0 Å². The van der Waals surface area contributed by atoms with Crippen molar-refractivity contribution >= 4 is 42.2 Å². The first-order chi connectivity index (χ1) is 3.00. The van der Waals surface area contributed by atoms with Crippen molar-refractivity contribution in [2.75, 3.05) is 0 Å². The van der Waals surface area contributed by atoms with Crippen LogP contribution in [0.3, 0.4) is 0 Å². The van der Waals surface area contributed by atoms with E-state index >= 15 is 0 Å². The predicted molar refractivity (Wildman–Crippen MR) is 50.9 cm³/mol. The minimum atomic E-state index is 0. The van der Waals surface area contributed by atoms with Crippen LogP contribution in [0.4, 0.5) is 0 Å². The molecule has 1 aromatic rings. The topological polar surface area (TPSA) is 0 Å². The largest absolute Gasteiger partial charge is 0.187 e. The van der Waals surface area contributed by atoms with Gasteiger partial charge in [0.2, 0.25) is 0 Å². The molecule has 0 heterocycles. The molecule has 0 aliphatic rings. The van der Waals surface area contributed by atoms with Crippen LogP contribution in [0.2, 0.25) is 0 Å². The first-order valence-electron chi connectivity index (χ1n) is 2.00. The third kappa shape index (κ3) is 8.33. The molecule has 0 aromatic heterocycles. The molecule has 0 bridgehead atoms. The zero-order valence-electron chi connectivity index (χ0n) is 4.28. The molecule has 0 unspecified atom stereocenters. The Morgan fingerprint density at radius 2 is 0.556 bits per heavy atom. The molecule has 0 aliphatic heterocycles. The molecule has 0 aliphatic carbocycles. The first kappa shape index (κ1) is 16.2. The maximum atomic E-state index is 2.00. The molecule has 0 atom stereocenters. The Morgan fingerprint density at radius 1 is 0.444 bits per heavy atom. The maximum Gasteiger partial charge on any atom is 0.187 e. The standard InChI is InChI=1S/C6H6.Al.2ClH.3H/c1-2-4-6-5-3-1;;;;;;/h1-6H;;2*1H;;;. The second-order valence-electron chi connectivity index (χ2n) is 1.15. The lowest BCUT2D eigenvalue weighted by molar-refractivity contribution is 1.72. The van der Waals surface area contributed by atoms with E-state index in [1.165, 1.54) is 0 Å². The molecule has 0 spiro atoms. The van der Waals surface area contributed by atoms with Crippen molar-refractivity contribution in [1.29, 1.82) is 0 Å². The van der Waals surface area contributed by atoms with E-state index in [0.29, 0.717) is 0 Å². The summed E-state index contributed by atoms with van der Waals surface area (Å²) in [6.45, 7) is 0. The van der Waals surface area contributed by atoms with Gasteiger partial charge in [0.05, 0.1) is 0 Å². The number of rotatable bonds is 0. The lowest BCUT2D eigenvalue weighted by Crippen LogP contribution is -1.47. The maximum absolute atomic E-state index is 2.00. The summed E-state index contributed by atoms with van der Waals surface area (Å²) in [6.07, 6.45) is 0. The van der Waals surface area contributed by atoms with Gasteiger partial charge in [0, 0.05) is 0 Å². The van der Waals surface area contributed by atoms with Gasteiger partial charge in [-0.15, -0.1) is 24.8 Å². The second-order valence-corrected chi connectivity index (χ2v) is 1.15. The van der Waals surface area contributed by atoms with Gasteiger partial charge in [0.15, 0.2) is 17.4 Å². The summed E-state index contributed by atoms with van der Waals surface area (Å²) in [4.78, 5) is 0. The smallest absolute Gasteiger partial charge is 0.147 e. The monoisotopic (exact) mass is 180 g/mol. The van der Waals surface area contributed by atoms with Gasteiger partial charge in [-0.1, -0.05) is 36.4 Å². The fraction of sp³-hybridized carbons (Fsp3) is 0. The van der Waals surface area contributed by atoms with Crippen molar-refractivity contribution in [2.45, 2.75) is 0 Å². The Labute approximate surface area is 78.6 Å². The minimum Gasteiger partial charge on any atom is -0.147 e. The Balaban J connectivity index is -0.000000120. The lowest BCUT2D eigenvalue weighted by Gasteiger charge is -1.69. The minimum absolute atomic E-state index is 0. The normalized spacial score (nSPS) is 5.33. The van der Waals surface area contributed by atoms with Gasteiger partial charge in [-0.25, -0.2) is 0 Å². The fourth-order valence-corrected chi connectivity index (χ4v) is 0.385. The van der Waals surface area contributed by atoms with Crippen LogP contribution < -0.4 is 0 Å². The SMILES string of the molecule is Cl.Cl.[AlH3].c1ccccc1. The fourth-order valence-electron chi connectivity index (χ4n) is 0.385. The third-order valence-electron chi connectivity index (χ3n) is 0.667. The number of halogens is 2. The summed E-state index contributed by atoms with van der Waals surface area (Å²) in [5.74, 6) is 0. The van der Waals surface area contributed by atoms with Crippen LogP contribution in [0, 0.1) is 0 Å². The van der Waals surface area contributed by atoms with E-state index in [9.17, 15) is 0 Å². The Bertz CT molecular complexity index is 83.0. The summed E-state index contributed by atoms with van der Waals surface area (Å²) in [5, 5.41) is 0. The van der Waals surface area contributed by atoms with E-state index in [1.807, 2.05) is 36.4 Å². The van der Waals surface area contributed by atoms with Gasteiger partial charge in [-0.05, 0) is 0 Å².